The summed E-state index contributed by atoms with van der Waals surface area (Å²) in [6.07, 6.45) is 0. The molecule has 0 unspecified atom stereocenters. The lowest BCUT2D eigenvalue weighted by atomic mass is 10.1. The average Bonchev–Trinajstić information content (AvgIpc) is 2.84. The summed E-state index contributed by atoms with van der Waals surface area (Å²) < 4.78 is 1.29. The fourth-order valence-corrected chi connectivity index (χ4v) is 2.25. The molecular weight excluding hydrogens is 280 g/mol. The van der Waals surface area contributed by atoms with E-state index in [4.69, 9.17) is 11.6 Å². The first-order valence-corrected chi connectivity index (χ1v) is 6.30. The molecule has 3 aromatic rings. The Morgan fingerprint density at radius 1 is 1.25 bits per heavy atom. The van der Waals surface area contributed by atoms with E-state index in [2.05, 4.69) is 15.0 Å². The molecular formula is C13H11ClN4O2. The topological polar surface area (TPSA) is 83.5 Å². The van der Waals surface area contributed by atoms with Crippen molar-refractivity contribution in [2.75, 3.05) is 0 Å². The summed E-state index contributed by atoms with van der Waals surface area (Å²) in [5.41, 5.74) is 1.36. The maximum atomic E-state index is 11.8. The van der Waals surface area contributed by atoms with Gasteiger partial charge in [-0.25, -0.2) is 9.78 Å². The van der Waals surface area contributed by atoms with E-state index in [9.17, 15) is 9.59 Å². The summed E-state index contributed by atoms with van der Waals surface area (Å²) in [6, 6.07) is 5.42. The van der Waals surface area contributed by atoms with Crippen molar-refractivity contribution < 1.29 is 0 Å². The zero-order chi connectivity index (χ0) is 14.4. The molecule has 0 saturated heterocycles. The van der Waals surface area contributed by atoms with Crippen LogP contribution in [0.15, 0.2) is 27.8 Å². The predicted octanol–water partition coefficient (Wildman–Crippen LogP) is 1.58. The number of H-pyrrole nitrogens is 2. The molecule has 20 heavy (non-hydrogen) atoms. The van der Waals surface area contributed by atoms with E-state index in [1.165, 1.54) is 4.57 Å². The second kappa shape index (κ2) is 4.35. The highest BCUT2D eigenvalue weighted by molar-refractivity contribution is 6.30. The highest BCUT2D eigenvalue weighted by atomic mass is 35.5. The summed E-state index contributed by atoms with van der Waals surface area (Å²) in [4.78, 5) is 32.8. The zero-order valence-electron chi connectivity index (χ0n) is 10.8. The normalized spacial score (nSPS) is 11.2. The lowest BCUT2D eigenvalue weighted by Gasteiger charge is -2.02. The van der Waals surface area contributed by atoms with Crippen molar-refractivity contribution in [3.8, 4) is 11.4 Å². The first-order chi connectivity index (χ1) is 9.47. The number of hydrogen-bond donors (Lipinski definition) is 2. The fraction of sp³-hybridized carbons (Fsp3) is 0.154. The molecule has 0 aliphatic rings. The van der Waals surface area contributed by atoms with Crippen LogP contribution in [0, 0.1) is 6.92 Å². The summed E-state index contributed by atoms with van der Waals surface area (Å²) >= 11 is 5.99. The molecule has 2 heterocycles. The molecule has 3 rings (SSSR count). The van der Waals surface area contributed by atoms with E-state index in [1.807, 2.05) is 13.0 Å². The van der Waals surface area contributed by atoms with Gasteiger partial charge in [0, 0.05) is 17.6 Å². The molecule has 102 valence electrons. The molecule has 0 atom stereocenters. The Balaban J connectivity index is 2.37. The van der Waals surface area contributed by atoms with Crippen molar-refractivity contribution in [1.29, 1.82) is 0 Å². The van der Waals surface area contributed by atoms with E-state index >= 15 is 0 Å². The zero-order valence-corrected chi connectivity index (χ0v) is 11.6. The van der Waals surface area contributed by atoms with Crippen molar-refractivity contribution >= 4 is 22.8 Å². The van der Waals surface area contributed by atoms with Gasteiger partial charge in [0.1, 0.15) is 11.3 Å². The largest absolute Gasteiger partial charge is 0.332 e. The van der Waals surface area contributed by atoms with Crippen LogP contribution in [0.3, 0.4) is 0 Å². The number of aromatic amines is 2. The number of fused-ring (bicyclic) bond motifs is 1. The second-order valence-electron chi connectivity index (χ2n) is 4.56. The first kappa shape index (κ1) is 12.7. The van der Waals surface area contributed by atoms with Gasteiger partial charge in [0.2, 0.25) is 0 Å². The third-order valence-electron chi connectivity index (χ3n) is 3.21. The van der Waals surface area contributed by atoms with Crippen molar-refractivity contribution in [2.24, 2.45) is 7.05 Å². The van der Waals surface area contributed by atoms with E-state index in [-0.39, 0.29) is 5.52 Å². The van der Waals surface area contributed by atoms with Gasteiger partial charge >= 0.3 is 5.69 Å². The number of benzene rings is 1. The Morgan fingerprint density at radius 3 is 2.75 bits per heavy atom. The Hall–Kier alpha value is -2.34. The number of rotatable bonds is 1. The predicted molar refractivity (Wildman–Crippen MR) is 77.1 cm³/mol. The van der Waals surface area contributed by atoms with Crippen LogP contribution in [0.1, 0.15) is 5.56 Å². The van der Waals surface area contributed by atoms with E-state index in [0.717, 1.165) is 11.1 Å². The number of nitrogens with one attached hydrogen (secondary N) is 2. The van der Waals surface area contributed by atoms with Crippen LogP contribution in [-0.2, 0) is 7.05 Å². The number of aromatic nitrogens is 4. The van der Waals surface area contributed by atoms with E-state index < -0.39 is 11.2 Å². The van der Waals surface area contributed by atoms with Gasteiger partial charge in [0.15, 0.2) is 5.65 Å². The van der Waals surface area contributed by atoms with E-state index in [0.29, 0.717) is 16.5 Å². The Bertz CT molecular complexity index is 936. The van der Waals surface area contributed by atoms with Gasteiger partial charge in [-0.15, -0.1) is 0 Å². The van der Waals surface area contributed by atoms with Crippen molar-refractivity contribution in [3.05, 3.63) is 49.6 Å². The van der Waals surface area contributed by atoms with Gasteiger partial charge in [-0.3, -0.25) is 14.3 Å². The number of aryl methyl sites for hydroxylation is 2. The Labute approximate surface area is 118 Å². The van der Waals surface area contributed by atoms with Crippen LogP contribution < -0.4 is 11.2 Å². The molecule has 0 aliphatic carbocycles. The van der Waals surface area contributed by atoms with Gasteiger partial charge in [-0.05, 0) is 24.6 Å². The number of nitrogens with zero attached hydrogens (tertiary/aromatic N) is 2. The SMILES string of the molecule is Cc1ccc(Cl)cc1-c1nc2c([nH]1)c(=O)[nH]c(=O)n2C. The van der Waals surface area contributed by atoms with Crippen LogP contribution in [0.5, 0.6) is 0 Å². The molecule has 0 radical (unpaired) electrons. The van der Waals surface area contributed by atoms with Crippen molar-refractivity contribution in [3.63, 3.8) is 0 Å². The van der Waals surface area contributed by atoms with Crippen LogP contribution in [0.4, 0.5) is 0 Å². The smallest absolute Gasteiger partial charge is 0.329 e. The third-order valence-corrected chi connectivity index (χ3v) is 3.44. The minimum absolute atomic E-state index is 0.265. The number of halogens is 1. The number of hydrogen-bond acceptors (Lipinski definition) is 3. The van der Waals surface area contributed by atoms with Gasteiger partial charge in [0.25, 0.3) is 5.56 Å². The second-order valence-corrected chi connectivity index (χ2v) is 5.00. The molecule has 0 fully saturated rings. The standard InChI is InChI=1S/C13H11ClN4O2/c1-6-3-4-7(14)5-8(6)10-15-9-11(16-10)18(2)13(20)17-12(9)19/h3-5H,1-2H3,(H,15,16)(H,17,19,20). The average molecular weight is 291 g/mol. The Kier molecular flexibility index (Phi) is 2.76. The first-order valence-electron chi connectivity index (χ1n) is 5.93. The molecule has 2 aromatic heterocycles. The van der Waals surface area contributed by atoms with Crippen LogP contribution in [0.25, 0.3) is 22.6 Å². The molecule has 0 aliphatic heterocycles. The molecule has 1 aromatic carbocycles. The lowest BCUT2D eigenvalue weighted by molar-refractivity contribution is 0.832. The number of imidazole rings is 1. The molecule has 0 saturated carbocycles. The molecule has 0 bridgehead atoms. The maximum absolute atomic E-state index is 11.8. The summed E-state index contributed by atoms with van der Waals surface area (Å²) in [5, 5.41) is 0.578. The van der Waals surface area contributed by atoms with Gasteiger partial charge in [0.05, 0.1) is 0 Å². The molecule has 2 N–H and O–H groups in total. The minimum Gasteiger partial charge on any atom is -0.332 e. The Morgan fingerprint density at radius 2 is 2.00 bits per heavy atom. The van der Waals surface area contributed by atoms with Crippen molar-refractivity contribution in [2.45, 2.75) is 6.92 Å². The third kappa shape index (κ3) is 1.85. The van der Waals surface area contributed by atoms with Crippen LogP contribution >= 0.6 is 11.6 Å². The van der Waals surface area contributed by atoms with Crippen molar-refractivity contribution in [1.82, 2.24) is 19.5 Å². The minimum atomic E-state index is -0.497. The summed E-state index contributed by atoms with van der Waals surface area (Å²) in [6.45, 7) is 1.92. The van der Waals surface area contributed by atoms with Gasteiger partial charge < -0.3 is 4.98 Å². The highest BCUT2D eigenvalue weighted by Gasteiger charge is 2.13. The molecule has 0 amide bonds. The van der Waals surface area contributed by atoms with E-state index in [1.54, 1.807) is 19.2 Å². The maximum Gasteiger partial charge on any atom is 0.329 e. The molecule has 0 spiro atoms. The molecule has 6 nitrogen and oxygen atoms in total. The van der Waals surface area contributed by atoms with Gasteiger partial charge in [-0.2, -0.15) is 0 Å². The summed E-state index contributed by atoms with van der Waals surface area (Å²) in [7, 11) is 1.55. The molecule has 7 heteroatoms. The van der Waals surface area contributed by atoms with Crippen LogP contribution in [0.2, 0.25) is 5.02 Å². The highest BCUT2D eigenvalue weighted by Crippen LogP contribution is 2.25. The van der Waals surface area contributed by atoms with Gasteiger partial charge in [-0.1, -0.05) is 17.7 Å². The fourth-order valence-electron chi connectivity index (χ4n) is 2.08. The monoisotopic (exact) mass is 290 g/mol. The lowest BCUT2D eigenvalue weighted by Crippen LogP contribution is -2.28. The quantitative estimate of drug-likeness (QED) is 0.714. The summed E-state index contributed by atoms with van der Waals surface area (Å²) in [5.74, 6) is 0.506. The van der Waals surface area contributed by atoms with Crippen LogP contribution in [-0.4, -0.2) is 19.5 Å².